The zero-order chi connectivity index (χ0) is 19.8. The van der Waals surface area contributed by atoms with E-state index in [2.05, 4.69) is 0 Å². The van der Waals surface area contributed by atoms with Crippen LogP contribution in [0, 0.1) is 5.92 Å². The minimum Gasteiger partial charge on any atom is -0.481 e. The third-order valence-electron chi connectivity index (χ3n) is 1.90. The number of benzene rings is 1. The molecule has 0 aliphatic rings. The van der Waals surface area contributed by atoms with E-state index in [0.717, 1.165) is 12.1 Å². The van der Waals surface area contributed by atoms with Gasteiger partial charge in [-0.15, -0.1) is 0 Å². The van der Waals surface area contributed by atoms with Gasteiger partial charge in [0.05, 0.1) is 5.89 Å². The maximum absolute atomic E-state index is 11.3. The van der Waals surface area contributed by atoms with E-state index >= 15 is 0 Å². The molecule has 0 fully saturated rings. The van der Waals surface area contributed by atoms with Crippen molar-refractivity contribution in [1.29, 1.82) is 0 Å². The summed E-state index contributed by atoms with van der Waals surface area (Å²) in [5, 5.41) is 9.15. The van der Waals surface area contributed by atoms with Crippen LogP contribution in [0.15, 0.2) is 24.3 Å². The van der Waals surface area contributed by atoms with Gasteiger partial charge in [0.2, 0.25) is 0 Å². The lowest BCUT2D eigenvalue weighted by Gasteiger charge is -2.09. The number of carbonyl (C=O) groups is 1. The van der Waals surface area contributed by atoms with Crippen molar-refractivity contribution in [3.63, 3.8) is 0 Å². The number of carboxylic acid groups (broad SMARTS) is 1. The van der Waals surface area contributed by atoms with Gasteiger partial charge in [-0.2, -0.15) is 0 Å². The van der Waals surface area contributed by atoms with Crippen molar-refractivity contribution in [3.8, 4) is 0 Å². The molecule has 0 bridgehead atoms. The maximum Gasteiger partial charge on any atom is 0.310 e. The van der Waals surface area contributed by atoms with Gasteiger partial charge in [0, 0.05) is 13.7 Å². The van der Waals surface area contributed by atoms with E-state index in [0.29, 0.717) is 5.56 Å². The summed E-state index contributed by atoms with van der Waals surface area (Å²) in [4.78, 5) is 11.3. The van der Waals surface area contributed by atoms with Crippen LogP contribution in [-0.2, 0) is 11.2 Å². The summed E-state index contributed by atoms with van der Waals surface area (Å²) in [6.45, 7) is -8.56. The monoisotopic (exact) mass is 216 g/mol. The molecule has 0 radical (unpaired) electrons. The van der Waals surface area contributed by atoms with E-state index in [1.54, 1.807) is 0 Å². The molecular weight excluding hydrogens is 188 g/mol. The first kappa shape index (κ1) is 3.93. The molecule has 1 aromatic carbocycles. The number of carboxylic acids is 1. The van der Waals surface area contributed by atoms with E-state index in [1.165, 1.54) is 12.1 Å². The van der Waals surface area contributed by atoms with Crippen molar-refractivity contribution in [2.75, 3.05) is 0 Å². The Morgan fingerprint density at radius 1 is 1.40 bits per heavy atom. The summed E-state index contributed by atoms with van der Waals surface area (Å²) in [5.74, 6) is -6.34. The highest BCUT2D eigenvalue weighted by atomic mass is 16.4. The second-order valence-corrected chi connectivity index (χ2v) is 3.13. The van der Waals surface area contributed by atoms with Gasteiger partial charge in [0.1, 0.15) is 0 Å². The molecule has 1 N–H and O–H groups in total. The molecular formula is C13H18O2. The lowest BCUT2D eigenvalue weighted by Crippen LogP contribution is -2.07. The van der Waals surface area contributed by atoms with E-state index < -0.39 is 38.3 Å². The fourth-order valence-corrected chi connectivity index (χ4v) is 1.17. The Morgan fingerprint density at radius 3 is 2.53 bits per heavy atom. The topological polar surface area (TPSA) is 37.3 Å². The Morgan fingerprint density at radius 2 is 2.07 bits per heavy atom. The summed E-state index contributed by atoms with van der Waals surface area (Å²) in [7, 11) is 0. The Kier molecular flexibility index (Phi) is 1.30. The highest BCUT2D eigenvalue weighted by molar-refractivity contribution is 5.75. The molecule has 0 aliphatic carbocycles. The SMILES string of the molecule is [2H]C([2H])([2H])C(Cc1ccc(C([2H])(C(=O)O)C([2H])([2H])[2H])cc1)C([2H])([2H])[2H]. The first-order valence-corrected chi connectivity index (χ1v) is 4.34. The zero-order valence-corrected chi connectivity index (χ0v) is 7.95. The van der Waals surface area contributed by atoms with Crippen LogP contribution < -0.4 is 0 Å². The third kappa shape index (κ3) is 3.39. The lowest BCUT2D eigenvalue weighted by molar-refractivity contribution is -0.138. The predicted molar refractivity (Wildman–Crippen MR) is 61.0 cm³/mol. The van der Waals surface area contributed by atoms with Gasteiger partial charge in [0.15, 0.2) is 0 Å². The average molecular weight is 216 g/mol. The molecule has 2 nitrogen and oxygen atoms in total. The molecule has 1 rings (SSSR count). The predicted octanol–water partition coefficient (Wildman–Crippen LogP) is 3.07. The van der Waals surface area contributed by atoms with E-state index in [9.17, 15) is 4.79 Å². The molecule has 0 aromatic heterocycles. The van der Waals surface area contributed by atoms with Crippen molar-refractivity contribution in [2.45, 2.75) is 32.9 Å². The van der Waals surface area contributed by atoms with Crippen LogP contribution in [0.25, 0.3) is 0 Å². The molecule has 0 amide bonds. The van der Waals surface area contributed by atoms with Gasteiger partial charge < -0.3 is 5.11 Å². The highest BCUT2D eigenvalue weighted by Gasteiger charge is 2.12. The quantitative estimate of drug-likeness (QED) is 0.839. The van der Waals surface area contributed by atoms with Crippen LogP contribution in [-0.4, -0.2) is 11.1 Å². The Labute approximate surface area is 105 Å². The number of aliphatic carboxylic acids is 1. The van der Waals surface area contributed by atoms with Gasteiger partial charge in [-0.1, -0.05) is 38.0 Å². The molecule has 0 saturated heterocycles. The molecule has 1 unspecified atom stereocenters. The van der Waals surface area contributed by atoms with Crippen molar-refractivity contribution >= 4 is 5.97 Å². The molecule has 2 heteroatoms. The summed E-state index contributed by atoms with van der Waals surface area (Å²) < 4.78 is 73.9. The maximum atomic E-state index is 11.3. The Hall–Kier alpha value is -1.31. The molecule has 1 atom stereocenters. The highest BCUT2D eigenvalue weighted by Crippen LogP contribution is 2.17. The minimum absolute atomic E-state index is 0.291. The van der Waals surface area contributed by atoms with Crippen molar-refractivity contribution in [1.82, 2.24) is 0 Å². The smallest absolute Gasteiger partial charge is 0.310 e. The normalized spacial score (nSPS) is 27.3. The van der Waals surface area contributed by atoms with Gasteiger partial charge >= 0.3 is 5.97 Å². The van der Waals surface area contributed by atoms with E-state index in [4.69, 9.17) is 18.8 Å². The Balaban J connectivity index is 3.21. The molecule has 0 spiro atoms. The van der Waals surface area contributed by atoms with Crippen LogP contribution in [0.2, 0.25) is 0 Å². The largest absolute Gasteiger partial charge is 0.481 e. The molecule has 1 aromatic rings. The number of hydrogen-bond donors (Lipinski definition) is 1. The summed E-state index contributed by atoms with van der Waals surface area (Å²) in [6.07, 6.45) is -0.320. The van der Waals surface area contributed by atoms with Crippen LogP contribution in [0.1, 0.15) is 51.3 Å². The summed E-state index contributed by atoms with van der Waals surface area (Å²) >= 11 is 0. The third-order valence-corrected chi connectivity index (χ3v) is 1.90. The van der Waals surface area contributed by atoms with E-state index in [-0.39, 0.29) is 12.0 Å². The van der Waals surface area contributed by atoms with Crippen molar-refractivity contribution in [3.05, 3.63) is 35.4 Å². The Bertz CT molecular complexity index is 600. The van der Waals surface area contributed by atoms with Crippen molar-refractivity contribution < 1.29 is 23.6 Å². The number of hydrogen-bond acceptors (Lipinski definition) is 1. The molecule has 15 heavy (non-hydrogen) atoms. The molecule has 82 valence electrons. The van der Waals surface area contributed by atoms with Gasteiger partial charge in [-0.25, -0.2) is 0 Å². The zero-order valence-electron chi connectivity index (χ0n) is 17.9. The second kappa shape index (κ2) is 4.96. The van der Waals surface area contributed by atoms with Crippen LogP contribution in [0.5, 0.6) is 0 Å². The molecule has 0 aliphatic heterocycles. The fourth-order valence-electron chi connectivity index (χ4n) is 1.17. The van der Waals surface area contributed by atoms with Gasteiger partial charge in [-0.3, -0.25) is 4.79 Å². The van der Waals surface area contributed by atoms with Crippen LogP contribution in [0.3, 0.4) is 0 Å². The summed E-state index contributed by atoms with van der Waals surface area (Å²) in [6, 6.07) is 4.69. The van der Waals surface area contributed by atoms with Crippen LogP contribution >= 0.6 is 0 Å². The van der Waals surface area contributed by atoms with E-state index in [1.807, 2.05) is 0 Å². The minimum atomic E-state index is -3.12. The van der Waals surface area contributed by atoms with Crippen molar-refractivity contribution in [2.24, 2.45) is 5.92 Å². The lowest BCUT2D eigenvalue weighted by atomic mass is 9.97. The molecule has 0 saturated carbocycles. The first-order chi connectivity index (χ1) is 11.0. The van der Waals surface area contributed by atoms with Crippen LogP contribution in [0.4, 0.5) is 0 Å². The molecule has 0 heterocycles. The average Bonchev–Trinajstić information content (AvgIpc) is 2.40. The fraction of sp³-hybridized carbons (Fsp3) is 0.462. The standard InChI is InChI=1S/C13H18O2/c1-9(2)8-11-4-6-12(7-5-11)10(3)13(14)15/h4-7,9-10H,8H2,1-3H3,(H,14,15)/i1D3,2D3,3D3,10D. The van der Waals surface area contributed by atoms with Gasteiger partial charge in [-0.05, 0) is 30.3 Å². The first-order valence-electron chi connectivity index (χ1n) is 9.34. The van der Waals surface area contributed by atoms with Gasteiger partial charge in [0.25, 0.3) is 0 Å². The summed E-state index contributed by atoms with van der Waals surface area (Å²) in [5.41, 5.74) is -0.0117. The number of rotatable bonds is 4. The second-order valence-electron chi connectivity index (χ2n) is 3.13.